The molecule has 6 heteroatoms. The number of benzene rings is 1. The largest absolute Gasteiger partial charge is 0.466 e. The number of hydrogen-bond acceptors (Lipinski definition) is 5. The minimum absolute atomic E-state index is 0.138. The first-order valence-corrected chi connectivity index (χ1v) is 6.48. The van der Waals surface area contributed by atoms with Gasteiger partial charge in [0, 0.05) is 10.6 Å². The van der Waals surface area contributed by atoms with E-state index in [1.165, 1.54) is 11.3 Å². The summed E-state index contributed by atoms with van der Waals surface area (Å²) in [6, 6.07) is 7.02. The molecule has 18 heavy (non-hydrogen) atoms. The zero-order chi connectivity index (χ0) is 13.0. The number of nitrogens with zero attached hydrogens (tertiary/aromatic N) is 1. The van der Waals surface area contributed by atoms with Crippen LogP contribution in [-0.4, -0.2) is 18.1 Å². The summed E-state index contributed by atoms with van der Waals surface area (Å²) in [5, 5.41) is 0.643. The van der Waals surface area contributed by atoms with E-state index in [-0.39, 0.29) is 12.6 Å². The zero-order valence-corrected chi connectivity index (χ0v) is 10.9. The van der Waals surface area contributed by atoms with Gasteiger partial charge in [-0.25, -0.2) is 4.98 Å². The number of carbonyl (C=O) groups is 1. The first-order chi connectivity index (χ1) is 8.72. The molecule has 1 unspecified atom stereocenters. The Bertz CT molecular complexity index is 544. The second-order valence-corrected chi connectivity index (χ2v) is 4.93. The van der Waals surface area contributed by atoms with Crippen LogP contribution >= 0.6 is 22.9 Å². The molecule has 0 aliphatic rings. The molecule has 2 N–H and O–H groups in total. The highest BCUT2D eigenvalue weighted by Gasteiger charge is 2.16. The molecule has 1 aromatic heterocycles. The lowest BCUT2D eigenvalue weighted by molar-refractivity contribution is -0.129. The number of thiazole rings is 1. The SMILES string of the molecule is NC(COC=O)c1scnc1-c1cccc(Cl)c1. The average molecular weight is 283 g/mol. The van der Waals surface area contributed by atoms with Crippen molar-refractivity contribution in [2.75, 3.05) is 6.61 Å². The molecule has 1 aromatic carbocycles. The number of rotatable bonds is 5. The zero-order valence-electron chi connectivity index (χ0n) is 9.38. The summed E-state index contributed by atoms with van der Waals surface area (Å²) in [7, 11) is 0. The molecule has 4 nitrogen and oxygen atoms in total. The molecule has 2 aromatic rings. The lowest BCUT2D eigenvalue weighted by Crippen LogP contribution is -2.16. The van der Waals surface area contributed by atoms with E-state index >= 15 is 0 Å². The van der Waals surface area contributed by atoms with E-state index in [1.54, 1.807) is 11.6 Å². The van der Waals surface area contributed by atoms with Crippen LogP contribution in [-0.2, 0) is 9.53 Å². The highest BCUT2D eigenvalue weighted by Crippen LogP contribution is 2.30. The molecule has 0 aliphatic heterocycles. The first-order valence-electron chi connectivity index (χ1n) is 5.22. The highest BCUT2D eigenvalue weighted by molar-refractivity contribution is 7.10. The van der Waals surface area contributed by atoms with E-state index < -0.39 is 0 Å². The van der Waals surface area contributed by atoms with Crippen LogP contribution in [0, 0.1) is 0 Å². The fourth-order valence-corrected chi connectivity index (χ4v) is 2.58. The van der Waals surface area contributed by atoms with Crippen molar-refractivity contribution in [1.82, 2.24) is 4.98 Å². The van der Waals surface area contributed by atoms with Crippen LogP contribution in [0.2, 0.25) is 5.02 Å². The van der Waals surface area contributed by atoms with Crippen molar-refractivity contribution in [3.63, 3.8) is 0 Å². The molecule has 0 amide bonds. The molecule has 1 atom stereocenters. The molecule has 0 saturated carbocycles. The van der Waals surface area contributed by atoms with E-state index in [4.69, 9.17) is 17.3 Å². The van der Waals surface area contributed by atoms with Crippen LogP contribution in [0.5, 0.6) is 0 Å². The maximum absolute atomic E-state index is 10.2. The van der Waals surface area contributed by atoms with E-state index in [9.17, 15) is 4.79 Å². The van der Waals surface area contributed by atoms with Crippen molar-refractivity contribution in [1.29, 1.82) is 0 Å². The Hall–Kier alpha value is -1.43. The van der Waals surface area contributed by atoms with E-state index in [0.717, 1.165) is 16.1 Å². The number of halogens is 1. The van der Waals surface area contributed by atoms with Crippen LogP contribution in [0.1, 0.15) is 10.9 Å². The van der Waals surface area contributed by atoms with Crippen molar-refractivity contribution in [3.8, 4) is 11.3 Å². The third-order valence-electron chi connectivity index (χ3n) is 2.37. The van der Waals surface area contributed by atoms with Gasteiger partial charge in [-0.15, -0.1) is 11.3 Å². The molecule has 0 bridgehead atoms. The van der Waals surface area contributed by atoms with Crippen LogP contribution in [0.3, 0.4) is 0 Å². The quantitative estimate of drug-likeness (QED) is 0.856. The maximum atomic E-state index is 10.2. The van der Waals surface area contributed by atoms with Crippen LogP contribution < -0.4 is 5.73 Å². The molecule has 0 radical (unpaired) electrons. The normalized spacial score (nSPS) is 12.1. The van der Waals surface area contributed by atoms with Gasteiger partial charge in [-0.2, -0.15) is 0 Å². The third kappa shape index (κ3) is 2.87. The third-order valence-corrected chi connectivity index (χ3v) is 3.57. The summed E-state index contributed by atoms with van der Waals surface area (Å²) in [5.41, 5.74) is 9.35. The predicted octanol–water partition coefficient (Wildman–Crippen LogP) is 2.64. The Morgan fingerprint density at radius 3 is 3.11 bits per heavy atom. The Morgan fingerprint density at radius 1 is 1.56 bits per heavy atom. The van der Waals surface area contributed by atoms with Crippen LogP contribution in [0.15, 0.2) is 29.8 Å². The van der Waals surface area contributed by atoms with Crippen LogP contribution in [0.4, 0.5) is 0 Å². The smallest absolute Gasteiger partial charge is 0.293 e. The summed E-state index contributed by atoms with van der Waals surface area (Å²) < 4.78 is 4.68. The second-order valence-electron chi connectivity index (χ2n) is 3.61. The minimum Gasteiger partial charge on any atom is -0.466 e. The number of hydrogen-bond donors (Lipinski definition) is 1. The van der Waals surface area contributed by atoms with Gasteiger partial charge >= 0.3 is 0 Å². The van der Waals surface area contributed by atoms with Crippen molar-refractivity contribution >= 4 is 29.4 Å². The molecule has 0 spiro atoms. The van der Waals surface area contributed by atoms with Gasteiger partial charge in [0.2, 0.25) is 0 Å². The van der Waals surface area contributed by atoms with E-state index in [2.05, 4.69) is 9.72 Å². The Balaban J connectivity index is 2.29. The lowest BCUT2D eigenvalue weighted by Gasteiger charge is -2.10. The van der Waals surface area contributed by atoms with Gasteiger partial charge in [0.1, 0.15) is 6.61 Å². The monoisotopic (exact) mass is 282 g/mol. The molecule has 94 valence electrons. The summed E-state index contributed by atoms with van der Waals surface area (Å²) in [6.07, 6.45) is 0. The van der Waals surface area contributed by atoms with E-state index in [1.807, 2.05) is 18.2 Å². The molecular formula is C12H11ClN2O2S. The van der Waals surface area contributed by atoms with E-state index in [0.29, 0.717) is 11.5 Å². The van der Waals surface area contributed by atoms with Crippen LogP contribution in [0.25, 0.3) is 11.3 Å². The Morgan fingerprint density at radius 2 is 2.39 bits per heavy atom. The Kier molecular flexibility index (Phi) is 4.30. The fourth-order valence-electron chi connectivity index (χ4n) is 1.59. The van der Waals surface area contributed by atoms with Gasteiger partial charge in [0.05, 0.1) is 22.1 Å². The minimum atomic E-state index is -0.378. The molecule has 2 rings (SSSR count). The number of nitrogens with two attached hydrogens (primary N) is 1. The predicted molar refractivity (Wildman–Crippen MR) is 71.5 cm³/mol. The number of aromatic nitrogens is 1. The molecule has 0 fully saturated rings. The van der Waals surface area contributed by atoms with Gasteiger partial charge < -0.3 is 10.5 Å². The molecule has 0 aliphatic carbocycles. The summed E-state index contributed by atoms with van der Waals surface area (Å²) in [6.45, 7) is 0.527. The standard InChI is InChI=1S/C12H11ClN2O2S/c13-9-3-1-2-8(4-9)11-12(18-6-15-11)10(14)5-17-7-16/h1-4,6-7,10H,5,14H2. The molecule has 0 saturated heterocycles. The first kappa shape index (κ1) is 13.0. The van der Waals surface area contributed by atoms with Crippen molar-refractivity contribution in [2.24, 2.45) is 5.73 Å². The van der Waals surface area contributed by atoms with Crippen molar-refractivity contribution in [2.45, 2.75) is 6.04 Å². The number of carbonyl (C=O) groups excluding carboxylic acids is 1. The van der Waals surface area contributed by atoms with Gasteiger partial charge in [0.25, 0.3) is 6.47 Å². The van der Waals surface area contributed by atoms with Crippen molar-refractivity contribution in [3.05, 3.63) is 39.7 Å². The molecular weight excluding hydrogens is 272 g/mol. The lowest BCUT2D eigenvalue weighted by atomic mass is 10.1. The summed E-state index contributed by atoms with van der Waals surface area (Å²) in [5.74, 6) is 0. The molecule has 1 heterocycles. The maximum Gasteiger partial charge on any atom is 0.293 e. The van der Waals surface area contributed by atoms with Gasteiger partial charge in [-0.3, -0.25) is 4.79 Å². The summed E-state index contributed by atoms with van der Waals surface area (Å²) >= 11 is 7.38. The second kappa shape index (κ2) is 5.95. The topological polar surface area (TPSA) is 65.2 Å². The van der Waals surface area contributed by atoms with Gasteiger partial charge in [-0.1, -0.05) is 23.7 Å². The average Bonchev–Trinajstić information content (AvgIpc) is 2.85. The fraction of sp³-hybridized carbons (Fsp3) is 0.167. The summed E-state index contributed by atoms with van der Waals surface area (Å²) in [4.78, 5) is 15.3. The highest BCUT2D eigenvalue weighted by atomic mass is 35.5. The van der Waals surface area contributed by atoms with Gasteiger partial charge in [-0.05, 0) is 12.1 Å². The number of ether oxygens (including phenoxy) is 1. The Labute approximate surface area is 113 Å². The van der Waals surface area contributed by atoms with Gasteiger partial charge in [0.15, 0.2) is 0 Å². The van der Waals surface area contributed by atoms with Crippen molar-refractivity contribution < 1.29 is 9.53 Å².